The quantitative estimate of drug-likeness (QED) is 0.591. The fourth-order valence-electron chi connectivity index (χ4n) is 1.84. The van der Waals surface area contributed by atoms with Crippen molar-refractivity contribution in [2.45, 2.75) is 6.42 Å². The van der Waals surface area contributed by atoms with Gasteiger partial charge in [0.25, 0.3) is 0 Å². The van der Waals surface area contributed by atoms with E-state index in [0.29, 0.717) is 29.6 Å². The van der Waals surface area contributed by atoms with Crippen LogP contribution in [0.1, 0.15) is 6.42 Å². The van der Waals surface area contributed by atoms with Crippen LogP contribution in [0, 0.1) is 11.7 Å². The van der Waals surface area contributed by atoms with Gasteiger partial charge < -0.3 is 4.90 Å². The summed E-state index contributed by atoms with van der Waals surface area (Å²) < 4.78 is 13.7. The lowest BCUT2D eigenvalue weighted by Crippen LogP contribution is -2.25. The smallest absolute Gasteiger partial charge is 0.227 e. The highest BCUT2D eigenvalue weighted by Gasteiger charge is 2.31. The minimum absolute atomic E-state index is 0.0701. The van der Waals surface area contributed by atoms with Crippen LogP contribution in [0.25, 0.3) is 0 Å². The lowest BCUT2D eigenvalue weighted by molar-refractivity contribution is -0.117. The first-order valence-electron chi connectivity index (χ1n) is 5.03. The molecule has 2 nitrogen and oxygen atoms in total. The summed E-state index contributed by atoms with van der Waals surface area (Å²) >= 11 is 14.8. The van der Waals surface area contributed by atoms with Crippen LogP contribution in [0.15, 0.2) is 16.6 Å². The van der Waals surface area contributed by atoms with Gasteiger partial charge in [-0.3, -0.25) is 4.79 Å². The van der Waals surface area contributed by atoms with Gasteiger partial charge >= 0.3 is 0 Å². The number of benzene rings is 1. The molecule has 0 radical (unpaired) electrons. The molecule has 0 saturated carbocycles. The zero-order valence-electron chi connectivity index (χ0n) is 8.72. The van der Waals surface area contributed by atoms with E-state index in [4.69, 9.17) is 23.2 Å². The van der Waals surface area contributed by atoms with E-state index >= 15 is 0 Å². The molecule has 6 heteroatoms. The second-order valence-electron chi connectivity index (χ2n) is 3.95. The number of amides is 1. The van der Waals surface area contributed by atoms with E-state index in [9.17, 15) is 9.18 Å². The lowest BCUT2D eigenvalue weighted by Gasteiger charge is -2.18. The number of halogens is 4. The van der Waals surface area contributed by atoms with Crippen LogP contribution in [-0.4, -0.2) is 18.3 Å². The molecule has 1 aromatic carbocycles. The van der Waals surface area contributed by atoms with Gasteiger partial charge in [-0.25, -0.2) is 4.39 Å². The Bertz CT molecular complexity index is 469. The summed E-state index contributed by atoms with van der Waals surface area (Å²) in [5.41, 5.74) is 0.407. The average Bonchev–Trinajstić information content (AvgIpc) is 2.65. The van der Waals surface area contributed by atoms with Crippen molar-refractivity contribution >= 4 is 50.7 Å². The maximum Gasteiger partial charge on any atom is 0.227 e. The summed E-state index contributed by atoms with van der Waals surface area (Å²) in [5, 5.41) is 0.349. The Hall–Kier alpha value is -0.320. The SMILES string of the molecule is O=C1CC(CCl)CN1c1cc(F)c(Br)cc1Cl. The van der Waals surface area contributed by atoms with Gasteiger partial charge in [0.2, 0.25) is 5.91 Å². The van der Waals surface area contributed by atoms with Crippen molar-refractivity contribution in [1.82, 2.24) is 0 Å². The molecule has 2 rings (SSSR count). The fraction of sp³-hybridized carbons (Fsp3) is 0.364. The fourth-order valence-corrected chi connectivity index (χ4v) is 2.78. The molecular formula is C11H9BrCl2FNO. The monoisotopic (exact) mass is 339 g/mol. The maximum atomic E-state index is 13.4. The van der Waals surface area contributed by atoms with Crippen LogP contribution in [0.5, 0.6) is 0 Å². The number of rotatable bonds is 2. The lowest BCUT2D eigenvalue weighted by atomic mass is 10.1. The van der Waals surface area contributed by atoms with Crippen LogP contribution >= 0.6 is 39.1 Å². The molecule has 1 heterocycles. The van der Waals surface area contributed by atoms with Crippen molar-refractivity contribution in [3.05, 3.63) is 27.4 Å². The van der Waals surface area contributed by atoms with Crippen LogP contribution < -0.4 is 4.90 Å². The van der Waals surface area contributed by atoms with E-state index in [1.165, 1.54) is 17.0 Å². The van der Waals surface area contributed by atoms with Gasteiger partial charge in [-0.2, -0.15) is 0 Å². The van der Waals surface area contributed by atoms with Gasteiger partial charge in [-0.15, -0.1) is 11.6 Å². The first-order chi connectivity index (χ1) is 8.02. The Morgan fingerprint density at radius 2 is 2.24 bits per heavy atom. The van der Waals surface area contributed by atoms with Crippen molar-refractivity contribution in [3.63, 3.8) is 0 Å². The van der Waals surface area contributed by atoms with Crippen LogP contribution in [0.2, 0.25) is 5.02 Å². The predicted octanol–water partition coefficient (Wildman–Crippen LogP) is 3.83. The third-order valence-corrected chi connectivity index (χ3v) is 4.05. The molecular weight excluding hydrogens is 332 g/mol. The molecule has 1 unspecified atom stereocenters. The predicted molar refractivity (Wildman–Crippen MR) is 70.3 cm³/mol. The Morgan fingerprint density at radius 3 is 2.82 bits per heavy atom. The van der Waals surface area contributed by atoms with Crippen LogP contribution in [-0.2, 0) is 4.79 Å². The Labute approximate surface area is 117 Å². The molecule has 1 saturated heterocycles. The van der Waals surface area contributed by atoms with E-state index in [2.05, 4.69) is 15.9 Å². The highest BCUT2D eigenvalue weighted by Crippen LogP contribution is 2.34. The van der Waals surface area contributed by atoms with Gasteiger partial charge in [0, 0.05) is 24.9 Å². The number of hydrogen-bond acceptors (Lipinski definition) is 1. The van der Waals surface area contributed by atoms with Crippen molar-refractivity contribution in [2.75, 3.05) is 17.3 Å². The zero-order chi connectivity index (χ0) is 12.6. The minimum atomic E-state index is -0.438. The largest absolute Gasteiger partial charge is 0.310 e. The number of anilines is 1. The molecule has 1 amide bonds. The van der Waals surface area contributed by atoms with Gasteiger partial charge in [0.15, 0.2) is 0 Å². The number of carbonyl (C=O) groups excluding carboxylic acids is 1. The van der Waals surface area contributed by atoms with Gasteiger partial charge in [-0.1, -0.05) is 11.6 Å². The summed E-state index contributed by atoms with van der Waals surface area (Å²) in [6, 6.07) is 2.72. The standard InChI is InChI=1S/C11H9BrCl2FNO/c12-7-2-8(14)10(3-9(7)15)16-5-6(4-13)1-11(16)17/h2-3,6H,1,4-5H2. The number of carbonyl (C=O) groups is 1. The average molecular weight is 341 g/mol. The van der Waals surface area contributed by atoms with Crippen molar-refractivity contribution in [1.29, 1.82) is 0 Å². The molecule has 17 heavy (non-hydrogen) atoms. The third-order valence-electron chi connectivity index (χ3n) is 2.70. The molecule has 0 aliphatic carbocycles. The first kappa shape index (κ1) is 13.1. The van der Waals surface area contributed by atoms with E-state index in [1.54, 1.807) is 0 Å². The number of alkyl halides is 1. The molecule has 0 N–H and O–H groups in total. The zero-order valence-corrected chi connectivity index (χ0v) is 11.8. The summed E-state index contributed by atoms with van der Waals surface area (Å²) in [4.78, 5) is 13.3. The van der Waals surface area contributed by atoms with Crippen molar-refractivity contribution < 1.29 is 9.18 Å². The second-order valence-corrected chi connectivity index (χ2v) is 5.52. The van der Waals surface area contributed by atoms with E-state index in [1.807, 2.05) is 0 Å². The third kappa shape index (κ3) is 2.59. The molecule has 0 aromatic heterocycles. The van der Waals surface area contributed by atoms with Gasteiger partial charge in [0.1, 0.15) is 5.82 Å². The maximum absolute atomic E-state index is 13.4. The normalized spacial score (nSPS) is 20.1. The molecule has 1 atom stereocenters. The highest BCUT2D eigenvalue weighted by atomic mass is 79.9. The van der Waals surface area contributed by atoms with E-state index in [0.717, 1.165) is 0 Å². The minimum Gasteiger partial charge on any atom is -0.310 e. The molecule has 1 aliphatic rings. The molecule has 92 valence electrons. The van der Waals surface area contributed by atoms with E-state index < -0.39 is 5.82 Å². The molecule has 1 aliphatic heterocycles. The topological polar surface area (TPSA) is 20.3 Å². The summed E-state index contributed by atoms with van der Waals surface area (Å²) in [7, 11) is 0. The summed E-state index contributed by atoms with van der Waals surface area (Å²) in [6.45, 7) is 0.489. The molecule has 1 fully saturated rings. The Morgan fingerprint density at radius 1 is 1.53 bits per heavy atom. The Balaban J connectivity index is 2.35. The van der Waals surface area contributed by atoms with E-state index in [-0.39, 0.29) is 16.3 Å². The molecule has 0 spiro atoms. The van der Waals surface area contributed by atoms with Crippen LogP contribution in [0.3, 0.4) is 0 Å². The van der Waals surface area contributed by atoms with Crippen molar-refractivity contribution in [3.8, 4) is 0 Å². The first-order valence-corrected chi connectivity index (χ1v) is 6.74. The summed E-state index contributed by atoms with van der Waals surface area (Å²) in [5.74, 6) is 0.0107. The van der Waals surface area contributed by atoms with Gasteiger partial charge in [-0.05, 0) is 27.9 Å². The second kappa shape index (κ2) is 5.12. The van der Waals surface area contributed by atoms with Crippen molar-refractivity contribution in [2.24, 2.45) is 5.92 Å². The molecule has 1 aromatic rings. The van der Waals surface area contributed by atoms with Crippen LogP contribution in [0.4, 0.5) is 10.1 Å². The number of hydrogen-bond donors (Lipinski definition) is 0. The Kier molecular flexibility index (Phi) is 3.95. The highest BCUT2D eigenvalue weighted by molar-refractivity contribution is 9.10. The van der Waals surface area contributed by atoms with Gasteiger partial charge in [0.05, 0.1) is 15.2 Å². The number of nitrogens with zero attached hydrogens (tertiary/aromatic N) is 1. The molecule has 0 bridgehead atoms. The summed E-state index contributed by atoms with van der Waals surface area (Å²) in [6.07, 6.45) is 0.386.